The number of nitrogens with zero attached hydrogens (tertiary/aromatic N) is 1. The third kappa shape index (κ3) is 6.16. The maximum atomic E-state index is 12.2. The molecule has 0 aromatic heterocycles. The van der Waals surface area contributed by atoms with Crippen molar-refractivity contribution in [3.63, 3.8) is 0 Å². The van der Waals surface area contributed by atoms with Crippen molar-refractivity contribution in [1.82, 2.24) is 9.62 Å². The fourth-order valence-corrected chi connectivity index (χ4v) is 4.35. The minimum absolute atomic E-state index is 0.341. The van der Waals surface area contributed by atoms with E-state index in [4.69, 9.17) is 0 Å². The molecule has 1 aliphatic heterocycles. The zero-order valence-electron chi connectivity index (χ0n) is 12.9. The Labute approximate surface area is 135 Å². The Bertz CT molecular complexity index is 590. The van der Waals surface area contributed by atoms with Crippen LogP contribution in [0.2, 0.25) is 0 Å². The van der Waals surface area contributed by atoms with Gasteiger partial charge >= 0.3 is 0 Å². The van der Waals surface area contributed by atoms with Crippen molar-refractivity contribution in [2.75, 3.05) is 38.2 Å². The quantitative estimate of drug-likeness (QED) is 0.803. The lowest BCUT2D eigenvalue weighted by atomic mass is 9.98. The Morgan fingerprint density at radius 1 is 1.32 bits per heavy atom. The predicted molar refractivity (Wildman–Crippen MR) is 89.7 cm³/mol. The Kier molecular flexibility index (Phi) is 6.55. The van der Waals surface area contributed by atoms with Crippen LogP contribution in [0.3, 0.4) is 0 Å². The van der Waals surface area contributed by atoms with Crippen LogP contribution in [0.1, 0.15) is 12.8 Å². The molecule has 0 bridgehead atoms. The summed E-state index contributed by atoms with van der Waals surface area (Å²) >= 11 is 0. The topological polar surface area (TPSA) is 66.5 Å². The first-order valence-corrected chi connectivity index (χ1v) is 10.8. The summed E-state index contributed by atoms with van der Waals surface area (Å²) in [5, 5.41) is 0. The average molecular weight is 345 g/mol. The number of likely N-dealkylation sites (tertiary alicyclic amines) is 1. The monoisotopic (exact) mass is 344 g/mol. The summed E-state index contributed by atoms with van der Waals surface area (Å²) in [6, 6.07) is 9.52. The fraction of sp³-hybridized carbons (Fsp3) is 0.600. The van der Waals surface area contributed by atoms with E-state index in [-0.39, 0.29) is 0 Å². The van der Waals surface area contributed by atoms with Gasteiger partial charge in [-0.05, 0) is 37.4 Å². The highest BCUT2D eigenvalue weighted by molar-refractivity contribution is 7.88. The lowest BCUT2D eigenvalue weighted by Crippen LogP contribution is -2.42. The first-order chi connectivity index (χ1) is 10.4. The van der Waals surface area contributed by atoms with Gasteiger partial charge in [0.1, 0.15) is 0 Å². The molecule has 0 aliphatic carbocycles. The predicted octanol–water partition coefficient (Wildman–Crippen LogP) is 1.06. The number of sulfonamides is 1. The number of rotatable bonds is 7. The molecule has 0 radical (unpaired) electrons. The molecule has 0 amide bonds. The van der Waals surface area contributed by atoms with Gasteiger partial charge in [-0.1, -0.05) is 18.2 Å². The van der Waals surface area contributed by atoms with Gasteiger partial charge < -0.3 is 4.90 Å². The normalized spacial score (nSPS) is 21.6. The maximum Gasteiger partial charge on any atom is 0.208 e. The van der Waals surface area contributed by atoms with Gasteiger partial charge in [0.05, 0.1) is 17.1 Å². The van der Waals surface area contributed by atoms with Crippen LogP contribution in [-0.2, 0) is 20.8 Å². The van der Waals surface area contributed by atoms with E-state index < -0.39 is 20.8 Å². The van der Waals surface area contributed by atoms with Gasteiger partial charge in [-0.25, -0.2) is 13.1 Å². The summed E-state index contributed by atoms with van der Waals surface area (Å²) in [5.41, 5.74) is 0. The van der Waals surface area contributed by atoms with E-state index in [0.717, 1.165) is 37.4 Å². The molecule has 1 aromatic rings. The molecule has 2 unspecified atom stereocenters. The first kappa shape index (κ1) is 17.6. The van der Waals surface area contributed by atoms with Crippen molar-refractivity contribution in [3.05, 3.63) is 30.3 Å². The molecule has 5 nitrogen and oxygen atoms in total. The van der Waals surface area contributed by atoms with E-state index in [1.807, 2.05) is 30.3 Å². The lowest BCUT2D eigenvalue weighted by molar-refractivity contribution is 0.185. The van der Waals surface area contributed by atoms with Gasteiger partial charge in [0.15, 0.2) is 0 Å². The molecule has 0 spiro atoms. The molecule has 124 valence electrons. The second-order valence-corrected chi connectivity index (χ2v) is 9.20. The highest BCUT2D eigenvalue weighted by atomic mass is 32.2. The molecular weight excluding hydrogens is 320 g/mol. The van der Waals surface area contributed by atoms with Crippen LogP contribution in [0.5, 0.6) is 0 Å². The van der Waals surface area contributed by atoms with E-state index in [2.05, 4.69) is 9.62 Å². The van der Waals surface area contributed by atoms with Crippen molar-refractivity contribution < 1.29 is 12.6 Å². The molecule has 0 saturated carbocycles. The highest BCUT2D eigenvalue weighted by Gasteiger charge is 2.21. The van der Waals surface area contributed by atoms with Crippen molar-refractivity contribution in [2.24, 2.45) is 5.92 Å². The Balaban J connectivity index is 1.77. The molecule has 1 fully saturated rings. The summed E-state index contributed by atoms with van der Waals surface area (Å²) in [7, 11) is -4.09. The fourth-order valence-electron chi connectivity index (χ4n) is 2.69. The van der Waals surface area contributed by atoms with E-state index in [0.29, 0.717) is 18.2 Å². The van der Waals surface area contributed by atoms with Crippen molar-refractivity contribution >= 4 is 20.8 Å². The van der Waals surface area contributed by atoms with Crippen molar-refractivity contribution in [3.8, 4) is 0 Å². The maximum absolute atomic E-state index is 12.2. The Morgan fingerprint density at radius 2 is 2.05 bits per heavy atom. The summed E-state index contributed by atoms with van der Waals surface area (Å²) in [5.74, 6) is 0.963. The SMILES string of the molecule is CS(=O)(=O)NCC1CCCN(CCS(=O)c2ccccc2)C1. The van der Waals surface area contributed by atoms with Crippen LogP contribution < -0.4 is 4.72 Å². The minimum Gasteiger partial charge on any atom is -0.302 e. The summed E-state index contributed by atoms with van der Waals surface area (Å²) in [4.78, 5) is 3.16. The second-order valence-electron chi connectivity index (χ2n) is 5.79. The number of piperidine rings is 1. The van der Waals surface area contributed by atoms with Gasteiger partial charge in [0.2, 0.25) is 10.0 Å². The average Bonchev–Trinajstić information content (AvgIpc) is 2.51. The van der Waals surface area contributed by atoms with Gasteiger partial charge in [0, 0.05) is 30.3 Å². The third-order valence-electron chi connectivity index (χ3n) is 3.84. The van der Waals surface area contributed by atoms with Crippen LogP contribution in [0, 0.1) is 5.92 Å². The molecule has 1 aromatic carbocycles. The molecule has 2 rings (SSSR count). The summed E-state index contributed by atoms with van der Waals surface area (Å²) < 4.78 is 37.1. The van der Waals surface area contributed by atoms with E-state index >= 15 is 0 Å². The zero-order chi connectivity index (χ0) is 16.0. The van der Waals surface area contributed by atoms with E-state index in [1.165, 1.54) is 6.26 Å². The second kappa shape index (κ2) is 8.19. The molecule has 2 atom stereocenters. The molecule has 7 heteroatoms. The van der Waals surface area contributed by atoms with Crippen molar-refractivity contribution in [2.45, 2.75) is 17.7 Å². The van der Waals surface area contributed by atoms with E-state index in [9.17, 15) is 12.6 Å². The van der Waals surface area contributed by atoms with Gasteiger partial charge in [0.25, 0.3) is 0 Å². The smallest absolute Gasteiger partial charge is 0.208 e. The molecule has 1 N–H and O–H groups in total. The van der Waals surface area contributed by atoms with Crippen LogP contribution >= 0.6 is 0 Å². The van der Waals surface area contributed by atoms with Crippen LogP contribution in [0.25, 0.3) is 0 Å². The van der Waals surface area contributed by atoms with Crippen LogP contribution in [0.15, 0.2) is 35.2 Å². The Hall–Kier alpha value is -0.760. The molecule has 1 aliphatic rings. The Morgan fingerprint density at radius 3 is 2.73 bits per heavy atom. The van der Waals surface area contributed by atoms with Gasteiger partial charge in [-0.2, -0.15) is 0 Å². The van der Waals surface area contributed by atoms with E-state index in [1.54, 1.807) is 0 Å². The molecule has 1 heterocycles. The van der Waals surface area contributed by atoms with Crippen molar-refractivity contribution in [1.29, 1.82) is 0 Å². The molecule has 22 heavy (non-hydrogen) atoms. The largest absolute Gasteiger partial charge is 0.302 e. The molecule has 1 saturated heterocycles. The third-order valence-corrected chi connectivity index (χ3v) is 5.88. The van der Waals surface area contributed by atoms with Crippen LogP contribution in [0.4, 0.5) is 0 Å². The summed E-state index contributed by atoms with van der Waals surface area (Å²) in [6.45, 7) is 3.16. The number of benzene rings is 1. The van der Waals surface area contributed by atoms with Gasteiger partial charge in [-0.3, -0.25) is 4.21 Å². The number of hydrogen-bond donors (Lipinski definition) is 1. The zero-order valence-corrected chi connectivity index (χ0v) is 14.5. The standard InChI is InChI=1S/C15H24N2O3S2/c1-22(19,20)16-12-14-6-5-9-17(13-14)10-11-21(18)15-7-3-2-4-8-15/h2-4,7-8,14,16H,5-6,9-13H2,1H3. The summed E-state index contributed by atoms with van der Waals surface area (Å²) in [6.07, 6.45) is 3.30. The molecular formula is C15H24N2O3S2. The highest BCUT2D eigenvalue weighted by Crippen LogP contribution is 2.16. The van der Waals surface area contributed by atoms with Gasteiger partial charge in [-0.15, -0.1) is 0 Å². The number of hydrogen-bond acceptors (Lipinski definition) is 4. The first-order valence-electron chi connectivity index (χ1n) is 7.54. The lowest BCUT2D eigenvalue weighted by Gasteiger charge is -2.32. The number of nitrogens with one attached hydrogen (secondary N) is 1. The van der Waals surface area contributed by atoms with Crippen LogP contribution in [-0.4, -0.2) is 55.7 Å². The minimum atomic E-state index is -3.12.